The smallest absolute Gasteiger partial charge is 0.228 e. The highest BCUT2D eigenvalue weighted by Crippen LogP contribution is 2.38. The number of amides is 1. The molecule has 0 bridgehead atoms. The molecular weight excluding hydrogens is 294 g/mol. The van der Waals surface area contributed by atoms with Gasteiger partial charge in [-0.05, 0) is 17.7 Å². The first-order valence-electron chi connectivity index (χ1n) is 6.59. The van der Waals surface area contributed by atoms with E-state index in [1.165, 1.54) is 0 Å². The number of anilines is 1. The molecule has 2 heterocycles. The Hall–Kier alpha value is -2.21. The van der Waals surface area contributed by atoms with E-state index >= 15 is 0 Å². The molecule has 0 unspecified atom stereocenters. The van der Waals surface area contributed by atoms with E-state index in [4.69, 9.17) is 21.1 Å². The Bertz CT molecular complexity index is 643. The van der Waals surface area contributed by atoms with E-state index < -0.39 is 0 Å². The van der Waals surface area contributed by atoms with Gasteiger partial charge in [-0.3, -0.25) is 9.89 Å². The maximum Gasteiger partial charge on any atom is 0.228 e. The number of fused-ring (bicyclic) bond motifs is 1. The second-order valence-corrected chi connectivity index (χ2v) is 5.07. The lowest BCUT2D eigenvalue weighted by molar-refractivity contribution is -0.115. The summed E-state index contributed by atoms with van der Waals surface area (Å²) >= 11 is 6.19. The summed E-state index contributed by atoms with van der Waals surface area (Å²) in [4.78, 5) is 12.0. The summed E-state index contributed by atoms with van der Waals surface area (Å²) in [7, 11) is 0. The number of aromatic nitrogens is 2. The lowest BCUT2D eigenvalue weighted by Gasteiger charge is -2.11. The summed E-state index contributed by atoms with van der Waals surface area (Å²) in [5.74, 6) is 0.987. The molecule has 0 saturated carbocycles. The molecule has 1 amide bonds. The lowest BCUT2D eigenvalue weighted by Crippen LogP contribution is -2.14. The minimum atomic E-state index is -0.151. The van der Waals surface area contributed by atoms with Gasteiger partial charge in [0.25, 0.3) is 0 Å². The molecule has 1 aliphatic rings. The summed E-state index contributed by atoms with van der Waals surface area (Å²) in [5.41, 5.74) is 1.39. The van der Waals surface area contributed by atoms with Crippen LogP contribution in [0.4, 0.5) is 5.69 Å². The molecule has 3 rings (SSSR count). The van der Waals surface area contributed by atoms with Gasteiger partial charge in [0.1, 0.15) is 0 Å². The Morgan fingerprint density at radius 2 is 2.24 bits per heavy atom. The van der Waals surface area contributed by atoms with Crippen molar-refractivity contribution in [2.45, 2.75) is 12.8 Å². The molecule has 0 radical (unpaired) electrons. The zero-order valence-corrected chi connectivity index (χ0v) is 11.9. The van der Waals surface area contributed by atoms with Gasteiger partial charge in [-0.2, -0.15) is 5.10 Å². The van der Waals surface area contributed by atoms with Crippen LogP contribution in [0.25, 0.3) is 0 Å². The minimum absolute atomic E-state index is 0.151. The van der Waals surface area contributed by atoms with Crippen LogP contribution in [0.2, 0.25) is 5.02 Å². The number of aromatic amines is 1. The fourth-order valence-corrected chi connectivity index (χ4v) is 2.38. The Morgan fingerprint density at radius 3 is 3.05 bits per heavy atom. The highest BCUT2D eigenvalue weighted by molar-refractivity contribution is 6.32. The van der Waals surface area contributed by atoms with Crippen molar-refractivity contribution in [1.29, 1.82) is 0 Å². The quantitative estimate of drug-likeness (QED) is 0.913. The second kappa shape index (κ2) is 6.05. The molecule has 2 N–H and O–H groups in total. The fourth-order valence-electron chi connectivity index (χ4n) is 2.10. The predicted molar refractivity (Wildman–Crippen MR) is 78.0 cm³/mol. The summed E-state index contributed by atoms with van der Waals surface area (Å²) in [5, 5.41) is 9.59. The molecule has 1 aromatic heterocycles. The molecule has 21 heavy (non-hydrogen) atoms. The topological polar surface area (TPSA) is 76.2 Å². The van der Waals surface area contributed by atoms with E-state index in [1.807, 2.05) is 0 Å². The largest absolute Gasteiger partial charge is 0.489 e. The molecule has 1 aliphatic heterocycles. The zero-order chi connectivity index (χ0) is 14.7. The summed E-state index contributed by atoms with van der Waals surface area (Å²) < 4.78 is 11.2. The summed E-state index contributed by atoms with van der Waals surface area (Å²) in [6.07, 6.45) is 4.15. The molecule has 6 nitrogen and oxygen atoms in total. The molecule has 0 atom stereocenters. The highest BCUT2D eigenvalue weighted by atomic mass is 35.5. The van der Waals surface area contributed by atoms with E-state index in [0.29, 0.717) is 35.4 Å². The first-order chi connectivity index (χ1) is 10.2. The van der Waals surface area contributed by atoms with Crippen LogP contribution in [0.3, 0.4) is 0 Å². The van der Waals surface area contributed by atoms with E-state index in [1.54, 1.807) is 24.5 Å². The number of hydrogen-bond acceptors (Lipinski definition) is 4. The van der Waals surface area contributed by atoms with E-state index in [-0.39, 0.29) is 12.3 Å². The first kappa shape index (κ1) is 13.8. The monoisotopic (exact) mass is 307 g/mol. The molecule has 7 heteroatoms. The van der Waals surface area contributed by atoms with Gasteiger partial charge in [-0.1, -0.05) is 11.6 Å². The van der Waals surface area contributed by atoms with Crippen LogP contribution >= 0.6 is 11.6 Å². The van der Waals surface area contributed by atoms with Crippen molar-refractivity contribution in [2.75, 3.05) is 18.5 Å². The van der Waals surface area contributed by atoms with Crippen LogP contribution in [0, 0.1) is 0 Å². The number of hydrogen-bond donors (Lipinski definition) is 2. The van der Waals surface area contributed by atoms with Crippen molar-refractivity contribution in [2.24, 2.45) is 0 Å². The van der Waals surface area contributed by atoms with Gasteiger partial charge in [0.15, 0.2) is 11.5 Å². The minimum Gasteiger partial charge on any atom is -0.489 e. The molecule has 0 aliphatic carbocycles. The second-order valence-electron chi connectivity index (χ2n) is 4.67. The SMILES string of the molecule is O=C(Cc1cc(Cl)c2c(c1)OCCCO2)Nc1cn[nH]c1. The first-order valence-corrected chi connectivity index (χ1v) is 6.97. The third-order valence-corrected chi connectivity index (χ3v) is 3.29. The molecular formula is C14H14ClN3O3. The van der Waals surface area contributed by atoms with Gasteiger partial charge in [0.05, 0.1) is 36.5 Å². The third kappa shape index (κ3) is 3.28. The number of rotatable bonds is 3. The van der Waals surface area contributed by atoms with Crippen LogP contribution < -0.4 is 14.8 Å². The van der Waals surface area contributed by atoms with E-state index in [9.17, 15) is 4.79 Å². The number of carbonyl (C=O) groups excluding carboxylic acids is 1. The van der Waals surface area contributed by atoms with Crippen LogP contribution in [0.1, 0.15) is 12.0 Å². The number of nitrogens with one attached hydrogen (secondary N) is 2. The van der Waals surface area contributed by atoms with Gasteiger partial charge in [0, 0.05) is 12.6 Å². The molecule has 2 aromatic rings. The lowest BCUT2D eigenvalue weighted by atomic mass is 10.1. The Kier molecular flexibility index (Phi) is 3.96. The normalized spacial score (nSPS) is 13.6. The maximum absolute atomic E-state index is 12.0. The molecule has 1 aromatic carbocycles. The molecule has 0 spiro atoms. The molecule has 0 fully saturated rings. The maximum atomic E-state index is 12.0. The van der Waals surface area contributed by atoms with Crippen molar-refractivity contribution >= 4 is 23.2 Å². The van der Waals surface area contributed by atoms with E-state index in [2.05, 4.69) is 15.5 Å². The van der Waals surface area contributed by atoms with Crippen LogP contribution in [-0.4, -0.2) is 29.3 Å². The fraction of sp³-hybridized carbons (Fsp3) is 0.286. The van der Waals surface area contributed by atoms with Crippen molar-refractivity contribution in [1.82, 2.24) is 10.2 Å². The summed E-state index contributed by atoms with van der Waals surface area (Å²) in [6, 6.07) is 3.52. The number of ether oxygens (including phenoxy) is 2. The van der Waals surface area contributed by atoms with Crippen LogP contribution in [0.15, 0.2) is 24.5 Å². The Morgan fingerprint density at radius 1 is 1.38 bits per heavy atom. The number of nitrogens with zero attached hydrogens (tertiary/aromatic N) is 1. The summed E-state index contributed by atoms with van der Waals surface area (Å²) in [6.45, 7) is 1.15. The van der Waals surface area contributed by atoms with Gasteiger partial charge >= 0.3 is 0 Å². The standard InChI is InChI=1S/C14H14ClN3O3/c15-11-4-9(5-12-14(11)21-3-1-2-20-12)6-13(19)18-10-7-16-17-8-10/h4-5,7-8H,1-3,6H2,(H,16,17)(H,18,19). The number of halogens is 1. The Labute approximate surface area is 126 Å². The van der Waals surface area contributed by atoms with Crippen molar-refractivity contribution < 1.29 is 14.3 Å². The van der Waals surface area contributed by atoms with Gasteiger partial charge in [-0.25, -0.2) is 0 Å². The van der Waals surface area contributed by atoms with Gasteiger partial charge in [0.2, 0.25) is 5.91 Å². The van der Waals surface area contributed by atoms with Crippen LogP contribution in [-0.2, 0) is 11.2 Å². The Balaban J connectivity index is 1.75. The van der Waals surface area contributed by atoms with Crippen LogP contribution in [0.5, 0.6) is 11.5 Å². The molecule has 0 saturated heterocycles. The van der Waals surface area contributed by atoms with Gasteiger partial charge < -0.3 is 14.8 Å². The van der Waals surface area contributed by atoms with Crippen molar-refractivity contribution in [3.05, 3.63) is 35.1 Å². The third-order valence-electron chi connectivity index (χ3n) is 3.01. The number of H-pyrrole nitrogens is 1. The van der Waals surface area contributed by atoms with Gasteiger partial charge in [-0.15, -0.1) is 0 Å². The average Bonchev–Trinajstić information content (AvgIpc) is 2.82. The highest BCUT2D eigenvalue weighted by Gasteiger charge is 2.16. The number of carbonyl (C=O) groups is 1. The number of benzene rings is 1. The van der Waals surface area contributed by atoms with Crippen molar-refractivity contribution in [3.63, 3.8) is 0 Å². The van der Waals surface area contributed by atoms with E-state index in [0.717, 1.165) is 12.0 Å². The molecule has 110 valence electrons. The van der Waals surface area contributed by atoms with Crippen molar-refractivity contribution in [3.8, 4) is 11.5 Å². The predicted octanol–water partition coefficient (Wildman–Crippen LogP) is 2.41. The average molecular weight is 308 g/mol. The zero-order valence-electron chi connectivity index (χ0n) is 11.2.